The second kappa shape index (κ2) is 9.86. The molecule has 1 aliphatic carbocycles. The highest BCUT2D eigenvalue weighted by molar-refractivity contribution is 6.33. The van der Waals surface area contributed by atoms with Crippen molar-refractivity contribution in [2.75, 3.05) is 5.32 Å². The molecule has 0 unspecified atom stereocenters. The van der Waals surface area contributed by atoms with Crippen molar-refractivity contribution in [1.29, 1.82) is 0 Å². The molecule has 0 aliphatic heterocycles. The maximum absolute atomic E-state index is 11.7. The van der Waals surface area contributed by atoms with Crippen molar-refractivity contribution in [1.82, 2.24) is 15.3 Å². The minimum atomic E-state index is -0.0146. The van der Waals surface area contributed by atoms with Crippen LogP contribution in [0.25, 0.3) is 22.0 Å². The molecule has 4 rings (SSSR count). The van der Waals surface area contributed by atoms with Gasteiger partial charge in [-0.15, -0.1) is 0 Å². The summed E-state index contributed by atoms with van der Waals surface area (Å²) in [7, 11) is 0. The highest BCUT2D eigenvalue weighted by Gasteiger charge is 2.22. The van der Waals surface area contributed by atoms with E-state index in [4.69, 9.17) is 16.6 Å². The molecule has 168 valence electrons. The van der Waals surface area contributed by atoms with Gasteiger partial charge in [0.15, 0.2) is 0 Å². The zero-order valence-electron chi connectivity index (χ0n) is 19.0. The normalized spacial score (nSPS) is 15.4. The second-order valence-electron chi connectivity index (χ2n) is 8.80. The van der Waals surface area contributed by atoms with E-state index < -0.39 is 0 Å². The van der Waals surface area contributed by atoms with Crippen LogP contribution in [0.5, 0.6) is 0 Å². The maximum atomic E-state index is 11.7. The number of amides is 1. The zero-order chi connectivity index (χ0) is 22.7. The average molecular weight is 451 g/mol. The third-order valence-corrected chi connectivity index (χ3v) is 6.54. The van der Waals surface area contributed by atoms with Gasteiger partial charge in [-0.25, -0.2) is 9.97 Å². The Morgan fingerprint density at radius 3 is 2.72 bits per heavy atom. The number of carbonyl (C=O) groups is 1. The summed E-state index contributed by atoms with van der Waals surface area (Å²) in [5.74, 6) is 1.45. The number of nitrogens with one attached hydrogen (secondary N) is 2. The van der Waals surface area contributed by atoms with Crippen LogP contribution >= 0.6 is 11.6 Å². The predicted octanol–water partition coefficient (Wildman–Crippen LogP) is 6.01. The summed E-state index contributed by atoms with van der Waals surface area (Å²) in [4.78, 5) is 21.0. The molecule has 0 saturated heterocycles. The SMILES string of the molecule is CCC(=O)N[C@@H](C)[C@@H](CC)Nc1ncc2cc(-c3cc(CC4CC4)ccc3Cl)ccc2n1. The minimum Gasteiger partial charge on any atom is -0.352 e. The number of rotatable bonds is 9. The second-order valence-corrected chi connectivity index (χ2v) is 9.20. The van der Waals surface area contributed by atoms with Crippen LogP contribution in [0, 0.1) is 5.92 Å². The summed E-state index contributed by atoms with van der Waals surface area (Å²) in [6.07, 6.45) is 6.97. The van der Waals surface area contributed by atoms with E-state index in [0.29, 0.717) is 12.4 Å². The number of fused-ring (bicyclic) bond motifs is 1. The van der Waals surface area contributed by atoms with Gasteiger partial charge in [-0.2, -0.15) is 0 Å². The Morgan fingerprint density at radius 2 is 2.00 bits per heavy atom. The van der Waals surface area contributed by atoms with Crippen LogP contribution < -0.4 is 10.6 Å². The lowest BCUT2D eigenvalue weighted by Gasteiger charge is -2.25. The van der Waals surface area contributed by atoms with Gasteiger partial charge in [0.1, 0.15) is 0 Å². The molecule has 1 heterocycles. The van der Waals surface area contributed by atoms with E-state index in [9.17, 15) is 4.79 Å². The number of aromatic nitrogens is 2. The molecule has 1 saturated carbocycles. The summed E-state index contributed by atoms with van der Waals surface area (Å²) < 4.78 is 0. The van der Waals surface area contributed by atoms with Gasteiger partial charge in [0.25, 0.3) is 0 Å². The number of halogens is 1. The van der Waals surface area contributed by atoms with Crippen molar-refractivity contribution in [2.24, 2.45) is 5.92 Å². The summed E-state index contributed by atoms with van der Waals surface area (Å²) in [6.45, 7) is 5.94. The highest BCUT2D eigenvalue weighted by atomic mass is 35.5. The third kappa shape index (κ3) is 5.39. The van der Waals surface area contributed by atoms with E-state index >= 15 is 0 Å². The van der Waals surface area contributed by atoms with E-state index in [1.165, 1.54) is 18.4 Å². The van der Waals surface area contributed by atoms with Gasteiger partial charge >= 0.3 is 0 Å². The van der Waals surface area contributed by atoms with Crippen LogP contribution in [0.2, 0.25) is 5.02 Å². The van der Waals surface area contributed by atoms with Crippen LogP contribution in [0.3, 0.4) is 0 Å². The van der Waals surface area contributed by atoms with Crippen LogP contribution in [-0.2, 0) is 11.2 Å². The lowest BCUT2D eigenvalue weighted by Crippen LogP contribution is -2.44. The Labute approximate surface area is 195 Å². The van der Waals surface area contributed by atoms with Crippen LogP contribution in [0.1, 0.15) is 52.0 Å². The Balaban J connectivity index is 1.54. The molecule has 2 atom stereocenters. The molecule has 2 N–H and O–H groups in total. The van der Waals surface area contributed by atoms with Crippen molar-refractivity contribution in [3.05, 3.63) is 53.2 Å². The number of hydrogen-bond acceptors (Lipinski definition) is 4. The van der Waals surface area contributed by atoms with Gasteiger partial charge < -0.3 is 10.6 Å². The zero-order valence-corrected chi connectivity index (χ0v) is 19.7. The number of benzene rings is 2. The van der Waals surface area contributed by atoms with Crippen LogP contribution in [0.4, 0.5) is 5.95 Å². The van der Waals surface area contributed by atoms with Crippen LogP contribution in [-0.4, -0.2) is 28.0 Å². The molecule has 5 nitrogen and oxygen atoms in total. The van der Waals surface area contributed by atoms with Crippen molar-refractivity contribution in [2.45, 2.75) is 65.0 Å². The molecule has 1 fully saturated rings. The first-order valence-corrected chi connectivity index (χ1v) is 12.0. The molecule has 3 aromatic rings. The molecule has 1 aliphatic rings. The van der Waals surface area contributed by atoms with Gasteiger partial charge in [-0.05, 0) is 73.9 Å². The van der Waals surface area contributed by atoms with E-state index in [1.807, 2.05) is 32.2 Å². The largest absolute Gasteiger partial charge is 0.352 e. The maximum Gasteiger partial charge on any atom is 0.223 e. The first kappa shape index (κ1) is 22.5. The molecule has 0 spiro atoms. The van der Waals surface area contributed by atoms with E-state index in [1.54, 1.807) is 0 Å². The van der Waals surface area contributed by atoms with Crippen molar-refractivity contribution in [3.63, 3.8) is 0 Å². The monoisotopic (exact) mass is 450 g/mol. The van der Waals surface area contributed by atoms with Gasteiger partial charge in [-0.1, -0.05) is 37.6 Å². The molecule has 0 bridgehead atoms. The predicted molar refractivity (Wildman–Crippen MR) is 132 cm³/mol. The summed E-state index contributed by atoms with van der Waals surface area (Å²) in [5, 5.41) is 8.13. The fraction of sp³-hybridized carbons (Fsp3) is 0.423. The Bertz CT molecular complexity index is 1110. The smallest absolute Gasteiger partial charge is 0.223 e. The van der Waals surface area contributed by atoms with Gasteiger partial charge in [-0.3, -0.25) is 4.79 Å². The van der Waals surface area contributed by atoms with Crippen LogP contribution in [0.15, 0.2) is 42.6 Å². The Hall–Kier alpha value is -2.66. The molecule has 1 aromatic heterocycles. The molecule has 32 heavy (non-hydrogen) atoms. The van der Waals surface area contributed by atoms with Crippen molar-refractivity contribution >= 4 is 34.4 Å². The molecule has 1 amide bonds. The summed E-state index contributed by atoms with van der Waals surface area (Å²) >= 11 is 6.54. The highest BCUT2D eigenvalue weighted by Crippen LogP contribution is 2.36. The molecular weight excluding hydrogens is 420 g/mol. The van der Waals surface area contributed by atoms with Crippen molar-refractivity contribution < 1.29 is 4.79 Å². The Kier molecular flexibility index (Phi) is 6.95. The standard InChI is InChI=1S/C26H31ClN4O/c1-4-23(16(3)29-25(32)5-2)30-26-28-15-20-14-19(9-11-24(20)31-26)21-13-18(8-10-22(21)27)12-17-6-7-17/h8-11,13-17,23H,4-7,12H2,1-3H3,(H,29,32)(H,28,30,31)/t16-,23+/m0/s1. The quantitative estimate of drug-likeness (QED) is 0.419. The lowest BCUT2D eigenvalue weighted by molar-refractivity contribution is -0.121. The first-order valence-electron chi connectivity index (χ1n) is 11.6. The van der Waals surface area contributed by atoms with Crippen molar-refractivity contribution in [3.8, 4) is 11.1 Å². The van der Waals surface area contributed by atoms with E-state index in [0.717, 1.165) is 45.8 Å². The fourth-order valence-corrected chi connectivity index (χ4v) is 4.28. The minimum absolute atomic E-state index is 0.0146. The van der Waals surface area contributed by atoms with Gasteiger partial charge in [0.2, 0.25) is 11.9 Å². The van der Waals surface area contributed by atoms with Gasteiger partial charge in [0.05, 0.1) is 5.52 Å². The fourth-order valence-electron chi connectivity index (χ4n) is 4.05. The van der Waals surface area contributed by atoms with E-state index in [-0.39, 0.29) is 18.0 Å². The average Bonchev–Trinajstić information content (AvgIpc) is 3.62. The molecule has 0 radical (unpaired) electrons. The third-order valence-electron chi connectivity index (χ3n) is 6.21. The number of anilines is 1. The topological polar surface area (TPSA) is 66.9 Å². The van der Waals surface area contributed by atoms with E-state index in [2.05, 4.69) is 46.8 Å². The molecular formula is C26H31ClN4O. The number of hydrogen-bond donors (Lipinski definition) is 2. The van der Waals surface area contributed by atoms with Gasteiger partial charge in [0, 0.05) is 40.7 Å². The summed E-state index contributed by atoms with van der Waals surface area (Å²) in [5.41, 5.74) is 4.35. The molecule has 2 aromatic carbocycles. The Morgan fingerprint density at radius 1 is 1.19 bits per heavy atom. The number of nitrogens with zero attached hydrogens (tertiary/aromatic N) is 2. The molecule has 6 heteroatoms. The number of carbonyl (C=O) groups excluding carboxylic acids is 1. The first-order chi connectivity index (χ1) is 15.5. The lowest BCUT2D eigenvalue weighted by atomic mass is 9.99. The summed E-state index contributed by atoms with van der Waals surface area (Å²) in [6, 6.07) is 12.6.